The molecule has 15 atom stereocenters. The Morgan fingerprint density at radius 1 is 0.368 bits per heavy atom. The molecule has 0 heterocycles. The van der Waals surface area contributed by atoms with Crippen LogP contribution in [0.1, 0.15) is 74.5 Å². The van der Waals surface area contributed by atoms with E-state index in [2.05, 4.69) is 0 Å². The summed E-state index contributed by atoms with van der Waals surface area (Å²) in [5, 5.41) is -3.05. The Hall–Kier alpha value is 4.53. The number of alkyl halides is 15. The summed E-state index contributed by atoms with van der Waals surface area (Å²) in [6.07, 6.45) is 1.34. The van der Waals surface area contributed by atoms with Gasteiger partial charge in [-0.3, -0.25) is 0 Å². The predicted octanol–water partition coefficient (Wildman–Crippen LogP) is 18.4. The molecule has 0 aliphatic heterocycles. The fraction of sp³-hybridized carbons (Fsp3) is 0.667. The molecule has 0 radical (unpaired) electrons. The van der Waals surface area contributed by atoms with Crippen LogP contribution in [0.25, 0.3) is 0 Å². The zero-order valence-electron chi connectivity index (χ0n) is 29.0. The molecular formula is C36H27Cl21. The molecule has 1 aromatic carbocycles. The summed E-state index contributed by atoms with van der Waals surface area (Å²) in [5.41, 5.74) is 2.20. The van der Waals surface area contributed by atoms with Gasteiger partial charge >= 0.3 is 0 Å². The summed E-state index contributed by atoms with van der Waals surface area (Å²) in [7, 11) is 0. The van der Waals surface area contributed by atoms with Crippen LogP contribution >= 0.6 is 244 Å². The maximum Gasteiger partial charge on any atom is 0.168 e. The summed E-state index contributed by atoms with van der Waals surface area (Å²) in [5.74, 6) is -3.87. The van der Waals surface area contributed by atoms with Crippen LogP contribution in [0.4, 0.5) is 0 Å². The van der Waals surface area contributed by atoms with Crippen molar-refractivity contribution < 1.29 is 0 Å². The van der Waals surface area contributed by atoms with Gasteiger partial charge in [0.25, 0.3) is 0 Å². The Morgan fingerprint density at radius 2 is 0.544 bits per heavy atom. The molecule has 6 aliphatic rings. The van der Waals surface area contributed by atoms with E-state index in [0.29, 0.717) is 19.3 Å². The average molecular weight is 1200 g/mol. The molecule has 15 unspecified atom stereocenters. The van der Waals surface area contributed by atoms with E-state index < -0.39 is 93.9 Å². The Balaban J connectivity index is 1.47. The molecule has 1 aromatic rings. The highest BCUT2D eigenvalue weighted by molar-refractivity contribution is 6.69. The first-order valence-corrected chi connectivity index (χ1v) is 25.6. The molecule has 0 amide bonds. The molecule has 0 aromatic heterocycles. The molecule has 0 N–H and O–H groups in total. The number of halogens is 21. The topological polar surface area (TPSA) is 0 Å². The van der Waals surface area contributed by atoms with Crippen molar-refractivity contribution in [2.45, 2.75) is 116 Å². The third kappa shape index (κ3) is 5.37. The van der Waals surface area contributed by atoms with Gasteiger partial charge in [0, 0.05) is 17.8 Å². The van der Waals surface area contributed by atoms with Crippen molar-refractivity contribution in [1.29, 1.82) is 0 Å². The Kier molecular flexibility index (Phi) is 13.2. The van der Waals surface area contributed by atoms with Crippen LogP contribution in [-0.2, 0) is 0 Å². The summed E-state index contributed by atoms with van der Waals surface area (Å²) in [6, 6.07) is 5.98. The van der Waals surface area contributed by atoms with Crippen LogP contribution in [-0.4, -0.2) is 58.4 Å². The van der Waals surface area contributed by atoms with Crippen molar-refractivity contribution in [2.24, 2.45) is 17.8 Å². The van der Waals surface area contributed by atoms with Gasteiger partial charge in [-0.05, 0) is 53.7 Å². The van der Waals surface area contributed by atoms with Gasteiger partial charge in [-0.1, -0.05) is 178 Å². The first kappa shape index (κ1) is 49.4. The minimum atomic E-state index is -1.91. The van der Waals surface area contributed by atoms with Gasteiger partial charge in [0.1, 0.15) is 29.2 Å². The number of fused-ring (bicyclic) bond motifs is 6. The SMILES string of the molecule is CCC(c1cc(C(CC)C2C(Cl)C3(Cl)C(Cl)=C(Cl)C2(Cl)C3(Cl)Cl)cc(C(CC)C2C(Cl)C3(Cl)C(Cl)=C(Cl)C2(Cl)C3(Cl)Cl)c1)C1C(Cl)C2(Cl)C(Cl)=C(Cl)C1(Cl)C2(Cl)Cl. The second-order valence-corrected chi connectivity index (χ2v) is 26.9. The lowest BCUT2D eigenvalue weighted by Gasteiger charge is -2.42. The van der Waals surface area contributed by atoms with E-state index in [0.717, 1.165) is 16.7 Å². The average Bonchev–Trinajstić information content (AvgIpc) is 3.55. The monoisotopic (exact) mass is 1190 g/mol. The quantitative estimate of drug-likeness (QED) is 0.216. The van der Waals surface area contributed by atoms with E-state index >= 15 is 0 Å². The van der Waals surface area contributed by atoms with Crippen LogP contribution in [0.2, 0.25) is 0 Å². The lowest BCUT2D eigenvalue weighted by Crippen LogP contribution is -2.45. The van der Waals surface area contributed by atoms with Crippen molar-refractivity contribution >= 4 is 244 Å². The van der Waals surface area contributed by atoms with Crippen molar-refractivity contribution in [3.05, 3.63) is 65.1 Å². The number of benzene rings is 1. The summed E-state index contributed by atoms with van der Waals surface area (Å²) >= 11 is 149. The molecule has 6 aliphatic carbocycles. The van der Waals surface area contributed by atoms with Crippen molar-refractivity contribution in [3.8, 4) is 0 Å². The molecule has 3 fully saturated rings. The van der Waals surface area contributed by atoms with E-state index in [4.69, 9.17) is 244 Å². The van der Waals surface area contributed by atoms with Gasteiger partial charge in [-0.25, -0.2) is 0 Å². The second kappa shape index (κ2) is 15.3. The lowest BCUT2D eigenvalue weighted by molar-refractivity contribution is 0.359. The largest absolute Gasteiger partial charge is 0.168 e. The normalized spacial score (nSPS) is 46.5. The number of hydrogen-bond acceptors (Lipinski definition) is 0. The zero-order valence-corrected chi connectivity index (χ0v) is 44.9. The molecule has 6 bridgehead atoms. The molecule has 0 nitrogen and oxygen atoms in total. The predicted molar refractivity (Wildman–Crippen MR) is 256 cm³/mol. The standard InChI is InChI=1S/C36H27Cl21/c1-4-13(16-19(37)31(49)25(43)22(40)28(16,46)34(31,52)53)10-7-11(14(5-2)17-20(38)32(50)26(44)23(41)29(17,47)35(32,54)55)9-12(8-10)15(6-3)18-21(39)33(51)27(45)24(42)30(18,48)36(33,56)57/h7-9,13-21H,4-6H2,1-3H3. The third-order valence-corrected chi connectivity index (χ3v) is 28.6. The van der Waals surface area contributed by atoms with Gasteiger partial charge in [0.15, 0.2) is 13.0 Å². The van der Waals surface area contributed by atoms with Gasteiger partial charge in [-0.15, -0.1) is 104 Å². The number of allylic oxidation sites excluding steroid dienone is 6. The van der Waals surface area contributed by atoms with Crippen LogP contribution < -0.4 is 0 Å². The van der Waals surface area contributed by atoms with Gasteiger partial charge in [-0.2, -0.15) is 0 Å². The van der Waals surface area contributed by atoms with Crippen LogP contribution in [0.3, 0.4) is 0 Å². The summed E-state index contributed by atoms with van der Waals surface area (Å²) in [4.78, 5) is -10.3. The van der Waals surface area contributed by atoms with Crippen LogP contribution in [0.15, 0.2) is 48.4 Å². The van der Waals surface area contributed by atoms with E-state index in [1.54, 1.807) is 0 Å². The molecular weight excluding hydrogens is 1180 g/mol. The smallest absolute Gasteiger partial charge is 0.120 e. The van der Waals surface area contributed by atoms with Crippen molar-refractivity contribution in [1.82, 2.24) is 0 Å². The maximum atomic E-state index is 7.46. The Labute approximate surface area is 437 Å². The fourth-order valence-corrected chi connectivity index (χ4v) is 22.2. The molecule has 7 rings (SSSR count). The minimum Gasteiger partial charge on any atom is -0.120 e. The van der Waals surface area contributed by atoms with E-state index in [9.17, 15) is 0 Å². The van der Waals surface area contributed by atoms with Gasteiger partial charge < -0.3 is 0 Å². The number of rotatable bonds is 9. The third-order valence-electron chi connectivity index (χ3n) is 13.6. The highest BCUT2D eigenvalue weighted by Gasteiger charge is 2.85. The van der Waals surface area contributed by atoms with Crippen molar-refractivity contribution in [3.63, 3.8) is 0 Å². The molecule has 3 saturated carbocycles. The molecule has 21 heteroatoms. The van der Waals surface area contributed by atoms with E-state index in [1.807, 2.05) is 39.0 Å². The fourth-order valence-electron chi connectivity index (χ4n) is 10.8. The Morgan fingerprint density at radius 3 is 0.702 bits per heavy atom. The maximum absolute atomic E-state index is 7.46. The second-order valence-electron chi connectivity index (χ2n) is 15.6. The summed E-state index contributed by atoms with van der Waals surface area (Å²) in [6.45, 7) is 5.88. The molecule has 0 spiro atoms. The van der Waals surface area contributed by atoms with Crippen LogP contribution in [0.5, 0.6) is 0 Å². The highest BCUT2D eigenvalue weighted by Crippen LogP contribution is 2.80. The molecule has 318 valence electrons. The van der Waals surface area contributed by atoms with Gasteiger partial charge in [0.2, 0.25) is 0 Å². The van der Waals surface area contributed by atoms with Gasteiger partial charge in [0.05, 0.1) is 46.3 Å². The zero-order chi connectivity index (χ0) is 43.1. The number of hydrogen-bond donors (Lipinski definition) is 0. The Bertz CT molecular complexity index is 1790. The first-order chi connectivity index (χ1) is 26.0. The highest BCUT2D eigenvalue weighted by atomic mass is 35.5. The first-order valence-electron chi connectivity index (χ1n) is 17.5. The lowest BCUT2D eigenvalue weighted by atomic mass is 9.70. The molecule has 57 heavy (non-hydrogen) atoms. The summed E-state index contributed by atoms with van der Waals surface area (Å²) < 4.78 is -5.74. The van der Waals surface area contributed by atoms with E-state index in [1.165, 1.54) is 0 Å². The molecule has 0 saturated heterocycles. The van der Waals surface area contributed by atoms with Crippen molar-refractivity contribution in [2.75, 3.05) is 0 Å². The van der Waals surface area contributed by atoms with Crippen LogP contribution in [0, 0.1) is 17.8 Å². The van der Waals surface area contributed by atoms with E-state index in [-0.39, 0.29) is 30.2 Å². The minimum absolute atomic E-state index is 0.00471.